The van der Waals surface area contributed by atoms with E-state index in [1.165, 1.54) is 0 Å². The molecule has 1 fully saturated rings. The van der Waals surface area contributed by atoms with E-state index < -0.39 is 0 Å². The van der Waals surface area contributed by atoms with Crippen LogP contribution in [0, 0.1) is 18.3 Å². The van der Waals surface area contributed by atoms with Gasteiger partial charge in [-0.05, 0) is 19.1 Å². The number of piperazine rings is 1. The number of pyridine rings is 1. The monoisotopic (exact) mass is 282 g/mol. The lowest BCUT2D eigenvalue weighted by molar-refractivity contribution is 0.589. The van der Waals surface area contributed by atoms with Gasteiger partial charge in [0, 0.05) is 38.6 Å². The smallest absolute Gasteiger partial charge is 0.270 e. The van der Waals surface area contributed by atoms with Crippen LogP contribution in [0.5, 0.6) is 0 Å². The Morgan fingerprint density at radius 3 is 2.67 bits per heavy atom. The minimum absolute atomic E-state index is 0.220. The zero-order chi connectivity index (χ0) is 15.0. The Hall–Kier alpha value is -2.32. The summed E-state index contributed by atoms with van der Waals surface area (Å²) in [7, 11) is 1.72. The van der Waals surface area contributed by atoms with Crippen LogP contribution in [0.2, 0.25) is 0 Å². The minimum Gasteiger partial charge on any atom is -0.367 e. The van der Waals surface area contributed by atoms with Gasteiger partial charge in [0.25, 0.3) is 5.56 Å². The predicted octanol–water partition coefficient (Wildman–Crippen LogP) is 1.13. The molecule has 0 atom stereocenters. The van der Waals surface area contributed by atoms with Crippen molar-refractivity contribution in [3.63, 3.8) is 0 Å². The average molecular weight is 282 g/mol. The molecule has 1 aliphatic heterocycles. The zero-order valence-electron chi connectivity index (χ0n) is 12.3. The van der Waals surface area contributed by atoms with Crippen LogP contribution >= 0.6 is 0 Å². The van der Waals surface area contributed by atoms with Gasteiger partial charge in [0.2, 0.25) is 0 Å². The van der Waals surface area contributed by atoms with Crippen LogP contribution in [0.4, 0.5) is 5.69 Å². The van der Waals surface area contributed by atoms with Gasteiger partial charge >= 0.3 is 0 Å². The summed E-state index contributed by atoms with van der Waals surface area (Å²) >= 11 is 0. The van der Waals surface area contributed by atoms with E-state index in [1.54, 1.807) is 11.6 Å². The summed E-state index contributed by atoms with van der Waals surface area (Å²) in [5.74, 6) is 0. The van der Waals surface area contributed by atoms with Gasteiger partial charge in [-0.15, -0.1) is 0 Å². The third kappa shape index (κ3) is 2.18. The van der Waals surface area contributed by atoms with Crippen molar-refractivity contribution in [2.45, 2.75) is 6.92 Å². The molecule has 108 valence electrons. The molecule has 0 spiro atoms. The molecule has 1 aliphatic rings. The standard InChI is InChI=1S/C16H18N4O/c1-11-3-4-14-12(9-11)15(20-7-5-18-6-8-20)13(10-17)16(21)19(14)2/h3-4,9,18H,5-8H2,1-2H3. The second kappa shape index (κ2) is 5.23. The molecule has 1 aromatic carbocycles. The molecule has 0 aliphatic carbocycles. The Labute approximate surface area is 123 Å². The van der Waals surface area contributed by atoms with Crippen LogP contribution in [-0.4, -0.2) is 30.7 Å². The number of hydrogen-bond acceptors (Lipinski definition) is 4. The number of nitriles is 1. The van der Waals surface area contributed by atoms with Crippen molar-refractivity contribution in [2.24, 2.45) is 7.05 Å². The Morgan fingerprint density at radius 1 is 1.29 bits per heavy atom. The van der Waals surface area contributed by atoms with Crippen molar-refractivity contribution in [1.29, 1.82) is 5.26 Å². The highest BCUT2D eigenvalue weighted by atomic mass is 16.1. The number of hydrogen-bond donors (Lipinski definition) is 1. The fourth-order valence-corrected chi connectivity index (χ4v) is 2.96. The van der Waals surface area contributed by atoms with Crippen LogP contribution in [0.25, 0.3) is 10.9 Å². The molecule has 1 aromatic heterocycles. The van der Waals surface area contributed by atoms with Gasteiger partial charge in [0.05, 0.1) is 11.2 Å². The summed E-state index contributed by atoms with van der Waals surface area (Å²) in [6.45, 7) is 5.38. The molecule has 3 rings (SSSR count). The molecule has 5 nitrogen and oxygen atoms in total. The van der Waals surface area contributed by atoms with Gasteiger partial charge < -0.3 is 14.8 Å². The van der Waals surface area contributed by atoms with E-state index in [1.807, 2.05) is 19.1 Å². The number of benzene rings is 1. The van der Waals surface area contributed by atoms with E-state index in [2.05, 4.69) is 22.4 Å². The number of fused-ring (bicyclic) bond motifs is 1. The summed E-state index contributed by atoms with van der Waals surface area (Å²) in [5, 5.41) is 13.8. The number of rotatable bonds is 1. The summed E-state index contributed by atoms with van der Waals surface area (Å²) in [5.41, 5.74) is 2.82. The fourth-order valence-electron chi connectivity index (χ4n) is 2.96. The molecule has 0 radical (unpaired) electrons. The normalized spacial score (nSPS) is 15.2. The molecule has 1 N–H and O–H groups in total. The van der Waals surface area contributed by atoms with Gasteiger partial charge in [0.15, 0.2) is 0 Å². The minimum atomic E-state index is -0.220. The zero-order valence-corrected chi connectivity index (χ0v) is 12.3. The molecule has 0 saturated carbocycles. The molecule has 2 heterocycles. The lowest BCUT2D eigenvalue weighted by atomic mass is 10.0. The molecule has 5 heteroatoms. The van der Waals surface area contributed by atoms with E-state index in [-0.39, 0.29) is 11.1 Å². The number of nitrogens with zero attached hydrogens (tertiary/aromatic N) is 3. The number of nitrogens with one attached hydrogen (secondary N) is 1. The van der Waals surface area contributed by atoms with Crippen molar-refractivity contribution >= 4 is 16.6 Å². The molecule has 0 bridgehead atoms. The lowest BCUT2D eigenvalue weighted by Crippen LogP contribution is -2.44. The van der Waals surface area contributed by atoms with Gasteiger partial charge in [-0.25, -0.2) is 0 Å². The van der Waals surface area contributed by atoms with E-state index in [0.29, 0.717) is 0 Å². The van der Waals surface area contributed by atoms with Gasteiger partial charge in [-0.3, -0.25) is 4.79 Å². The van der Waals surface area contributed by atoms with Crippen molar-refractivity contribution in [1.82, 2.24) is 9.88 Å². The summed E-state index contributed by atoms with van der Waals surface area (Å²) < 4.78 is 1.57. The fraction of sp³-hybridized carbons (Fsp3) is 0.375. The summed E-state index contributed by atoms with van der Waals surface area (Å²) in [6.07, 6.45) is 0. The highest BCUT2D eigenvalue weighted by Gasteiger charge is 2.21. The maximum atomic E-state index is 12.5. The first kappa shape index (κ1) is 13.7. The number of aryl methyl sites for hydroxylation is 2. The Balaban J connectivity index is 2.39. The van der Waals surface area contributed by atoms with E-state index in [9.17, 15) is 10.1 Å². The van der Waals surface area contributed by atoms with Crippen LogP contribution in [0.15, 0.2) is 23.0 Å². The highest BCUT2D eigenvalue weighted by Crippen LogP contribution is 2.29. The summed E-state index contributed by atoms with van der Waals surface area (Å²) in [6, 6.07) is 8.13. The van der Waals surface area contributed by atoms with Crippen molar-refractivity contribution < 1.29 is 0 Å². The average Bonchev–Trinajstić information content (AvgIpc) is 2.51. The Kier molecular flexibility index (Phi) is 3.40. The van der Waals surface area contributed by atoms with Gasteiger partial charge in [0.1, 0.15) is 11.6 Å². The first-order chi connectivity index (χ1) is 10.1. The van der Waals surface area contributed by atoms with E-state index in [4.69, 9.17) is 0 Å². The first-order valence-corrected chi connectivity index (χ1v) is 7.12. The topological polar surface area (TPSA) is 61.1 Å². The molecular formula is C16H18N4O. The van der Waals surface area contributed by atoms with Crippen LogP contribution < -0.4 is 15.8 Å². The predicted molar refractivity (Wildman–Crippen MR) is 83.7 cm³/mol. The number of aromatic nitrogens is 1. The van der Waals surface area contributed by atoms with Crippen molar-refractivity contribution in [2.75, 3.05) is 31.1 Å². The maximum absolute atomic E-state index is 12.5. The molecule has 1 saturated heterocycles. The summed E-state index contributed by atoms with van der Waals surface area (Å²) in [4.78, 5) is 14.6. The molecule has 21 heavy (non-hydrogen) atoms. The Morgan fingerprint density at radius 2 is 2.00 bits per heavy atom. The largest absolute Gasteiger partial charge is 0.367 e. The first-order valence-electron chi connectivity index (χ1n) is 7.12. The van der Waals surface area contributed by atoms with Crippen molar-refractivity contribution in [3.8, 4) is 6.07 Å². The third-order valence-corrected chi connectivity index (χ3v) is 4.07. The number of anilines is 1. The van der Waals surface area contributed by atoms with Crippen LogP contribution in [0.3, 0.4) is 0 Å². The maximum Gasteiger partial charge on any atom is 0.270 e. The molecular weight excluding hydrogens is 264 g/mol. The molecule has 2 aromatic rings. The van der Waals surface area contributed by atoms with Gasteiger partial charge in [-0.2, -0.15) is 5.26 Å². The third-order valence-electron chi connectivity index (χ3n) is 4.07. The lowest BCUT2D eigenvalue weighted by Gasteiger charge is -2.31. The van der Waals surface area contributed by atoms with Crippen molar-refractivity contribution in [3.05, 3.63) is 39.7 Å². The Bertz CT molecular complexity index is 794. The molecule has 0 unspecified atom stereocenters. The van der Waals surface area contributed by atoms with E-state index >= 15 is 0 Å². The SMILES string of the molecule is Cc1ccc2c(c1)c(N1CCNCC1)c(C#N)c(=O)n2C. The second-order valence-corrected chi connectivity index (χ2v) is 5.46. The second-order valence-electron chi connectivity index (χ2n) is 5.46. The highest BCUT2D eigenvalue weighted by molar-refractivity contribution is 5.95. The van der Waals surface area contributed by atoms with E-state index in [0.717, 1.165) is 48.3 Å². The van der Waals surface area contributed by atoms with Gasteiger partial charge in [-0.1, -0.05) is 11.6 Å². The quantitative estimate of drug-likeness (QED) is 0.851. The van der Waals surface area contributed by atoms with Crippen LogP contribution in [-0.2, 0) is 7.05 Å². The van der Waals surface area contributed by atoms with Crippen LogP contribution in [0.1, 0.15) is 11.1 Å². The molecule has 0 amide bonds.